The summed E-state index contributed by atoms with van der Waals surface area (Å²) in [6, 6.07) is 12.6. The molecule has 0 aliphatic heterocycles. The number of nitrogens with one attached hydrogen (secondary N) is 1. The molecule has 1 aromatic heterocycles. The minimum atomic E-state index is -0.739. The van der Waals surface area contributed by atoms with Crippen molar-refractivity contribution >= 4 is 22.6 Å². The summed E-state index contributed by atoms with van der Waals surface area (Å²) in [4.78, 5) is 4.45. The molecule has 3 aromatic rings. The number of nitrogens with zero attached hydrogens (tertiary/aromatic N) is 2. The number of nitriles is 1. The number of methoxy groups -OCH3 is 1. The molecule has 0 amide bonds. The zero-order chi connectivity index (χ0) is 18.5. The third-order valence-electron chi connectivity index (χ3n) is 3.54. The van der Waals surface area contributed by atoms with Gasteiger partial charge >= 0.3 is 0 Å². The van der Waals surface area contributed by atoms with Crippen LogP contribution in [0.2, 0.25) is 0 Å². The largest absolute Gasteiger partial charge is 0.497 e. The van der Waals surface area contributed by atoms with Gasteiger partial charge in [-0.1, -0.05) is 0 Å². The Balaban J connectivity index is 1.82. The van der Waals surface area contributed by atoms with Crippen molar-refractivity contribution in [1.29, 1.82) is 5.26 Å². The zero-order valence-electron chi connectivity index (χ0n) is 13.7. The Morgan fingerprint density at radius 2 is 2.00 bits per heavy atom. The standard InChI is InChI=1S/C19H13F2N3OS/c1-25-15-5-2-12(3-6-15)18-11-26-19(24-18)13(9-22)10-23-17-7-4-14(20)8-16(17)21/h2-8,10-11,23H,1H3. The molecule has 4 nitrogen and oxygen atoms in total. The normalized spacial score (nSPS) is 11.1. The fourth-order valence-corrected chi connectivity index (χ4v) is 2.98. The molecule has 0 saturated carbocycles. The Morgan fingerprint density at radius 1 is 1.23 bits per heavy atom. The fourth-order valence-electron chi connectivity index (χ4n) is 2.19. The van der Waals surface area contributed by atoms with E-state index in [1.165, 1.54) is 23.6 Å². The highest BCUT2D eigenvalue weighted by Crippen LogP contribution is 2.27. The van der Waals surface area contributed by atoms with E-state index in [-0.39, 0.29) is 11.3 Å². The molecule has 0 spiro atoms. The lowest BCUT2D eigenvalue weighted by molar-refractivity contribution is 0.415. The van der Waals surface area contributed by atoms with E-state index in [1.807, 2.05) is 35.7 Å². The van der Waals surface area contributed by atoms with Gasteiger partial charge < -0.3 is 10.1 Å². The predicted molar refractivity (Wildman–Crippen MR) is 97.7 cm³/mol. The number of aromatic nitrogens is 1. The molecule has 0 saturated heterocycles. The van der Waals surface area contributed by atoms with Crippen LogP contribution < -0.4 is 10.1 Å². The van der Waals surface area contributed by atoms with E-state index in [0.29, 0.717) is 5.01 Å². The number of halogens is 2. The first-order valence-electron chi connectivity index (χ1n) is 7.53. The third kappa shape index (κ3) is 3.87. The van der Waals surface area contributed by atoms with Crippen molar-refractivity contribution in [3.63, 3.8) is 0 Å². The average molecular weight is 369 g/mol. The summed E-state index contributed by atoms with van der Waals surface area (Å²) in [5.41, 5.74) is 1.94. The lowest BCUT2D eigenvalue weighted by atomic mass is 10.2. The average Bonchev–Trinajstić information content (AvgIpc) is 3.14. The van der Waals surface area contributed by atoms with Gasteiger partial charge in [-0.3, -0.25) is 0 Å². The van der Waals surface area contributed by atoms with Crippen molar-refractivity contribution in [2.75, 3.05) is 12.4 Å². The molecule has 2 aromatic carbocycles. The monoisotopic (exact) mass is 369 g/mol. The molecule has 0 radical (unpaired) electrons. The number of allylic oxidation sites excluding steroid dienone is 1. The van der Waals surface area contributed by atoms with Crippen LogP contribution in [0.1, 0.15) is 5.01 Å². The Hall–Kier alpha value is -3.24. The minimum absolute atomic E-state index is 0.0751. The second kappa shape index (κ2) is 7.76. The van der Waals surface area contributed by atoms with Gasteiger partial charge in [0.15, 0.2) is 0 Å². The van der Waals surface area contributed by atoms with Crippen molar-refractivity contribution in [2.24, 2.45) is 0 Å². The molecule has 0 fully saturated rings. The van der Waals surface area contributed by atoms with Gasteiger partial charge in [-0.25, -0.2) is 13.8 Å². The van der Waals surface area contributed by atoms with Crippen LogP contribution in [0, 0.1) is 23.0 Å². The Morgan fingerprint density at radius 3 is 2.65 bits per heavy atom. The summed E-state index contributed by atoms with van der Waals surface area (Å²) in [5.74, 6) is -0.662. The number of hydrogen-bond donors (Lipinski definition) is 1. The zero-order valence-corrected chi connectivity index (χ0v) is 14.5. The summed E-state index contributed by atoms with van der Waals surface area (Å²) in [6.45, 7) is 0. The summed E-state index contributed by atoms with van der Waals surface area (Å²) < 4.78 is 31.7. The Kier molecular flexibility index (Phi) is 5.25. The number of benzene rings is 2. The van der Waals surface area contributed by atoms with Gasteiger partial charge in [0.1, 0.15) is 34.0 Å². The molecule has 0 aliphatic carbocycles. The third-order valence-corrected chi connectivity index (χ3v) is 4.42. The molecule has 0 bridgehead atoms. The molecule has 0 unspecified atom stereocenters. The van der Waals surface area contributed by atoms with Gasteiger partial charge in [0.25, 0.3) is 0 Å². The number of anilines is 1. The van der Waals surface area contributed by atoms with E-state index in [1.54, 1.807) is 7.11 Å². The van der Waals surface area contributed by atoms with E-state index in [0.717, 1.165) is 29.1 Å². The molecular weight excluding hydrogens is 356 g/mol. The van der Waals surface area contributed by atoms with Crippen LogP contribution in [0.15, 0.2) is 54.0 Å². The highest BCUT2D eigenvalue weighted by molar-refractivity contribution is 7.11. The molecule has 1 N–H and O–H groups in total. The van der Waals surface area contributed by atoms with Gasteiger partial charge in [-0.2, -0.15) is 5.26 Å². The number of hydrogen-bond acceptors (Lipinski definition) is 5. The maximum atomic E-state index is 13.7. The Labute approximate surface area is 153 Å². The van der Waals surface area contributed by atoms with Gasteiger partial charge in [-0.15, -0.1) is 11.3 Å². The molecule has 0 atom stereocenters. The lowest BCUT2D eigenvalue weighted by Gasteiger charge is -2.03. The van der Waals surface area contributed by atoms with Crippen LogP contribution in [0.5, 0.6) is 5.75 Å². The molecule has 130 valence electrons. The van der Waals surface area contributed by atoms with Crippen LogP contribution >= 0.6 is 11.3 Å². The summed E-state index contributed by atoms with van der Waals surface area (Å²) in [6.07, 6.45) is 1.35. The van der Waals surface area contributed by atoms with E-state index >= 15 is 0 Å². The summed E-state index contributed by atoms with van der Waals surface area (Å²) in [7, 11) is 1.59. The maximum Gasteiger partial charge on any atom is 0.149 e. The molecule has 26 heavy (non-hydrogen) atoms. The van der Waals surface area contributed by atoms with Crippen molar-refractivity contribution < 1.29 is 13.5 Å². The lowest BCUT2D eigenvalue weighted by Crippen LogP contribution is -1.94. The highest BCUT2D eigenvalue weighted by Gasteiger charge is 2.10. The van der Waals surface area contributed by atoms with Gasteiger partial charge in [-0.05, 0) is 36.4 Å². The second-order valence-electron chi connectivity index (χ2n) is 5.20. The number of rotatable bonds is 5. The number of ether oxygens (including phenoxy) is 1. The van der Waals surface area contributed by atoms with Crippen LogP contribution in [-0.2, 0) is 0 Å². The van der Waals surface area contributed by atoms with Crippen molar-refractivity contribution in [1.82, 2.24) is 4.98 Å². The summed E-state index contributed by atoms with van der Waals surface area (Å²) in [5, 5.41) is 14.4. The molecule has 7 heteroatoms. The van der Waals surface area contributed by atoms with Crippen molar-refractivity contribution in [3.05, 3.63) is 70.7 Å². The van der Waals surface area contributed by atoms with Crippen LogP contribution in [0.4, 0.5) is 14.5 Å². The topological polar surface area (TPSA) is 57.9 Å². The predicted octanol–water partition coefficient (Wildman–Crippen LogP) is 5.07. The molecular formula is C19H13F2N3OS. The Bertz CT molecular complexity index is 991. The van der Waals surface area contributed by atoms with E-state index in [2.05, 4.69) is 10.3 Å². The van der Waals surface area contributed by atoms with Crippen LogP contribution in [0.3, 0.4) is 0 Å². The van der Waals surface area contributed by atoms with Gasteiger partial charge in [0.2, 0.25) is 0 Å². The SMILES string of the molecule is COc1ccc(-c2csc(C(C#N)=CNc3ccc(F)cc3F)n2)cc1. The molecule has 0 aliphatic rings. The molecule has 3 rings (SSSR count). The highest BCUT2D eigenvalue weighted by atomic mass is 32.1. The van der Waals surface area contributed by atoms with Crippen LogP contribution in [0.25, 0.3) is 16.8 Å². The van der Waals surface area contributed by atoms with Gasteiger partial charge in [0.05, 0.1) is 18.5 Å². The molecule has 1 heterocycles. The maximum absolute atomic E-state index is 13.7. The van der Waals surface area contributed by atoms with Crippen LogP contribution in [-0.4, -0.2) is 12.1 Å². The number of thiazole rings is 1. The quantitative estimate of drug-likeness (QED) is 0.638. The van der Waals surface area contributed by atoms with E-state index in [4.69, 9.17) is 4.74 Å². The first-order chi connectivity index (χ1) is 12.6. The van der Waals surface area contributed by atoms with Crippen molar-refractivity contribution in [3.8, 4) is 23.1 Å². The first kappa shape index (κ1) is 17.6. The first-order valence-corrected chi connectivity index (χ1v) is 8.41. The van der Waals surface area contributed by atoms with E-state index < -0.39 is 11.6 Å². The second-order valence-corrected chi connectivity index (χ2v) is 6.06. The van der Waals surface area contributed by atoms with E-state index in [9.17, 15) is 14.0 Å². The summed E-state index contributed by atoms with van der Waals surface area (Å²) >= 11 is 1.30. The van der Waals surface area contributed by atoms with Gasteiger partial charge in [0, 0.05) is 23.2 Å². The van der Waals surface area contributed by atoms with Crippen molar-refractivity contribution in [2.45, 2.75) is 0 Å². The fraction of sp³-hybridized carbons (Fsp3) is 0.0526. The minimum Gasteiger partial charge on any atom is -0.497 e. The smallest absolute Gasteiger partial charge is 0.149 e.